The highest BCUT2D eigenvalue weighted by Crippen LogP contribution is 2.30. The molecule has 1 aliphatic rings. The van der Waals surface area contributed by atoms with Crippen LogP contribution in [0.4, 0.5) is 0 Å². The highest BCUT2D eigenvalue weighted by Gasteiger charge is 2.24. The van der Waals surface area contributed by atoms with E-state index in [9.17, 15) is 4.79 Å². The lowest BCUT2D eigenvalue weighted by molar-refractivity contribution is 0.0956. The molecule has 0 unspecified atom stereocenters. The third-order valence-electron chi connectivity index (χ3n) is 5.38. The predicted molar refractivity (Wildman–Crippen MR) is 111 cm³/mol. The molecular formula is C23H33N3O. The number of hydrogen-bond donors (Lipinski definition) is 1. The van der Waals surface area contributed by atoms with Crippen molar-refractivity contribution in [1.82, 2.24) is 14.9 Å². The van der Waals surface area contributed by atoms with E-state index in [1.165, 1.54) is 32.1 Å². The van der Waals surface area contributed by atoms with Crippen molar-refractivity contribution >= 4 is 5.91 Å². The molecule has 1 fully saturated rings. The molecule has 146 valence electrons. The smallest absolute Gasteiger partial charge is 0.251 e. The summed E-state index contributed by atoms with van der Waals surface area (Å²) >= 11 is 0. The number of rotatable bonds is 5. The third-order valence-corrected chi connectivity index (χ3v) is 5.38. The van der Waals surface area contributed by atoms with Crippen molar-refractivity contribution in [1.29, 1.82) is 0 Å². The van der Waals surface area contributed by atoms with Gasteiger partial charge in [-0.05, 0) is 37.8 Å². The van der Waals surface area contributed by atoms with Gasteiger partial charge in [0.05, 0.1) is 5.69 Å². The summed E-state index contributed by atoms with van der Waals surface area (Å²) in [6.45, 7) is 10.3. The van der Waals surface area contributed by atoms with Gasteiger partial charge in [-0.2, -0.15) is 0 Å². The summed E-state index contributed by atoms with van der Waals surface area (Å²) in [5, 5.41) is 2.87. The Bertz CT molecular complexity index is 779. The molecule has 1 saturated carbocycles. The lowest BCUT2D eigenvalue weighted by atomic mass is 9.88. The molecule has 0 bridgehead atoms. The highest BCUT2D eigenvalue weighted by atomic mass is 16.1. The summed E-state index contributed by atoms with van der Waals surface area (Å²) in [6, 6.07) is 7.79. The van der Waals surface area contributed by atoms with Crippen LogP contribution in [0.15, 0.2) is 30.5 Å². The van der Waals surface area contributed by atoms with Crippen molar-refractivity contribution in [2.45, 2.75) is 71.8 Å². The molecule has 0 saturated heterocycles. The zero-order chi connectivity index (χ0) is 19.4. The first-order valence-electron chi connectivity index (χ1n) is 10.3. The maximum Gasteiger partial charge on any atom is 0.251 e. The Morgan fingerprint density at radius 3 is 2.63 bits per heavy atom. The number of hydrogen-bond acceptors (Lipinski definition) is 2. The normalized spacial score (nSPS) is 15.7. The number of aromatic nitrogens is 2. The first kappa shape index (κ1) is 19.7. The van der Waals surface area contributed by atoms with Crippen LogP contribution in [0.5, 0.6) is 0 Å². The number of carbonyl (C=O) groups excluding carboxylic acids is 1. The molecule has 4 nitrogen and oxygen atoms in total. The van der Waals surface area contributed by atoms with E-state index in [-0.39, 0.29) is 11.3 Å². The van der Waals surface area contributed by atoms with Crippen LogP contribution in [0.3, 0.4) is 0 Å². The Morgan fingerprint density at radius 1 is 1.22 bits per heavy atom. The highest BCUT2D eigenvalue weighted by molar-refractivity contribution is 5.95. The molecule has 1 aromatic carbocycles. The summed E-state index contributed by atoms with van der Waals surface area (Å²) in [7, 11) is 0. The number of amides is 1. The molecule has 27 heavy (non-hydrogen) atoms. The molecule has 4 heteroatoms. The molecule has 2 aromatic rings. The van der Waals surface area contributed by atoms with Crippen molar-refractivity contribution in [2.75, 3.05) is 6.54 Å². The van der Waals surface area contributed by atoms with Crippen LogP contribution in [0, 0.1) is 5.92 Å². The van der Waals surface area contributed by atoms with Crippen LogP contribution in [0.2, 0.25) is 0 Å². The van der Waals surface area contributed by atoms with E-state index in [0.29, 0.717) is 12.1 Å². The summed E-state index contributed by atoms with van der Waals surface area (Å²) in [4.78, 5) is 17.2. The maximum absolute atomic E-state index is 12.2. The van der Waals surface area contributed by atoms with Gasteiger partial charge in [0.2, 0.25) is 0 Å². The van der Waals surface area contributed by atoms with Crippen LogP contribution < -0.4 is 5.32 Å². The molecule has 1 N–H and O–H groups in total. The Balaban J connectivity index is 1.92. The SMILES string of the molecule is CCNC(=O)c1cccc(-c2cn(CC3CCCCC3)c(C(C)(C)C)n2)c1. The molecule has 0 aliphatic heterocycles. The molecule has 0 spiro atoms. The Labute approximate surface area is 163 Å². The zero-order valence-corrected chi connectivity index (χ0v) is 17.2. The van der Waals surface area contributed by atoms with Gasteiger partial charge in [0.25, 0.3) is 5.91 Å². The molecule has 1 aromatic heterocycles. The fourth-order valence-electron chi connectivity index (χ4n) is 4.02. The predicted octanol–water partition coefficient (Wildman–Crippen LogP) is 5.18. The molecular weight excluding hydrogens is 334 g/mol. The second-order valence-corrected chi connectivity index (χ2v) is 8.80. The fourth-order valence-corrected chi connectivity index (χ4v) is 4.02. The van der Waals surface area contributed by atoms with E-state index in [4.69, 9.17) is 4.98 Å². The first-order chi connectivity index (χ1) is 12.9. The van der Waals surface area contributed by atoms with Crippen molar-refractivity contribution in [2.24, 2.45) is 5.92 Å². The second-order valence-electron chi connectivity index (χ2n) is 8.80. The van der Waals surface area contributed by atoms with Crippen molar-refractivity contribution in [3.63, 3.8) is 0 Å². The van der Waals surface area contributed by atoms with Gasteiger partial charge in [-0.3, -0.25) is 4.79 Å². The number of nitrogens with one attached hydrogen (secondary N) is 1. The van der Waals surface area contributed by atoms with Gasteiger partial charge < -0.3 is 9.88 Å². The Hall–Kier alpha value is -2.10. The minimum Gasteiger partial charge on any atom is -0.352 e. The van der Waals surface area contributed by atoms with Crippen LogP contribution in [-0.2, 0) is 12.0 Å². The molecule has 3 rings (SSSR count). The van der Waals surface area contributed by atoms with Gasteiger partial charge in [-0.25, -0.2) is 4.98 Å². The van der Waals surface area contributed by atoms with Crippen LogP contribution in [0.25, 0.3) is 11.3 Å². The standard InChI is InChI=1S/C23H33N3O/c1-5-24-21(27)19-13-9-12-18(14-19)20-16-26(22(25-20)23(2,3)4)15-17-10-7-6-8-11-17/h9,12-14,16-17H,5-8,10-11,15H2,1-4H3,(H,24,27). The van der Waals surface area contributed by atoms with E-state index >= 15 is 0 Å². The number of carbonyl (C=O) groups is 1. The second kappa shape index (κ2) is 8.28. The minimum atomic E-state index is -0.0305. The summed E-state index contributed by atoms with van der Waals surface area (Å²) in [6.07, 6.45) is 8.92. The maximum atomic E-state index is 12.2. The third kappa shape index (κ3) is 4.79. The quantitative estimate of drug-likeness (QED) is 0.792. The van der Waals surface area contributed by atoms with Crippen molar-refractivity contribution in [3.8, 4) is 11.3 Å². The average Bonchev–Trinajstić information content (AvgIpc) is 3.07. The van der Waals surface area contributed by atoms with Gasteiger partial charge in [-0.1, -0.05) is 52.2 Å². The van der Waals surface area contributed by atoms with Gasteiger partial charge in [-0.15, -0.1) is 0 Å². The van der Waals surface area contributed by atoms with Gasteiger partial charge in [0.15, 0.2) is 0 Å². The van der Waals surface area contributed by atoms with Crippen LogP contribution >= 0.6 is 0 Å². The lowest BCUT2D eigenvalue weighted by Crippen LogP contribution is -2.22. The largest absolute Gasteiger partial charge is 0.352 e. The van der Waals surface area contributed by atoms with E-state index < -0.39 is 0 Å². The van der Waals surface area contributed by atoms with E-state index in [2.05, 4.69) is 36.9 Å². The zero-order valence-electron chi connectivity index (χ0n) is 17.2. The summed E-state index contributed by atoms with van der Waals surface area (Å²) in [5.74, 6) is 1.85. The first-order valence-corrected chi connectivity index (χ1v) is 10.3. The fraction of sp³-hybridized carbons (Fsp3) is 0.565. The van der Waals surface area contributed by atoms with E-state index in [1.54, 1.807) is 0 Å². The monoisotopic (exact) mass is 367 g/mol. The molecule has 1 amide bonds. The molecule has 1 aliphatic carbocycles. The minimum absolute atomic E-state index is 0.00981. The van der Waals surface area contributed by atoms with E-state index in [0.717, 1.165) is 29.5 Å². The number of benzene rings is 1. The van der Waals surface area contributed by atoms with E-state index in [1.807, 2.05) is 31.2 Å². The number of nitrogens with zero attached hydrogens (tertiary/aromatic N) is 2. The molecule has 0 atom stereocenters. The average molecular weight is 368 g/mol. The Kier molecular flexibility index (Phi) is 6.03. The van der Waals surface area contributed by atoms with Gasteiger partial charge in [0, 0.05) is 35.8 Å². The van der Waals surface area contributed by atoms with Gasteiger partial charge in [0.1, 0.15) is 5.82 Å². The lowest BCUT2D eigenvalue weighted by Gasteiger charge is -2.25. The summed E-state index contributed by atoms with van der Waals surface area (Å²) < 4.78 is 2.37. The van der Waals surface area contributed by atoms with Crippen LogP contribution in [-0.4, -0.2) is 22.0 Å². The number of imidazole rings is 1. The van der Waals surface area contributed by atoms with Crippen molar-refractivity contribution < 1.29 is 4.79 Å². The Morgan fingerprint density at radius 2 is 1.96 bits per heavy atom. The van der Waals surface area contributed by atoms with Crippen molar-refractivity contribution in [3.05, 3.63) is 41.9 Å². The van der Waals surface area contributed by atoms with Crippen LogP contribution in [0.1, 0.15) is 76.0 Å². The molecule has 0 radical (unpaired) electrons. The summed E-state index contributed by atoms with van der Waals surface area (Å²) in [5.41, 5.74) is 2.64. The molecule has 1 heterocycles. The van der Waals surface area contributed by atoms with Gasteiger partial charge >= 0.3 is 0 Å². The topological polar surface area (TPSA) is 46.9 Å².